The summed E-state index contributed by atoms with van der Waals surface area (Å²) in [4.78, 5) is 0. The standard InChI is InChI=1S/C22H21BrO/c1-13(2)15-8-10-16(11-9-15)19-12-24-22-18-7-5-4-6-17(18)21(23)14(3)20(19)22/h4-11,13,19H,12H2,1-3H3. The quantitative estimate of drug-likeness (QED) is 0.489. The van der Waals surface area contributed by atoms with Gasteiger partial charge in [0.2, 0.25) is 0 Å². The highest BCUT2D eigenvalue weighted by Gasteiger charge is 2.30. The normalized spacial score (nSPS) is 16.5. The van der Waals surface area contributed by atoms with Crippen LogP contribution in [0.5, 0.6) is 5.75 Å². The van der Waals surface area contributed by atoms with Crippen molar-refractivity contribution in [2.45, 2.75) is 32.6 Å². The summed E-state index contributed by atoms with van der Waals surface area (Å²) in [7, 11) is 0. The highest BCUT2D eigenvalue weighted by molar-refractivity contribution is 9.10. The molecule has 0 radical (unpaired) electrons. The molecule has 0 N–H and O–H groups in total. The second-order valence-electron chi connectivity index (χ2n) is 6.91. The van der Waals surface area contributed by atoms with E-state index in [0.717, 1.165) is 12.4 Å². The highest BCUT2D eigenvalue weighted by atomic mass is 79.9. The molecule has 1 unspecified atom stereocenters. The minimum atomic E-state index is 0.308. The summed E-state index contributed by atoms with van der Waals surface area (Å²) in [5, 5.41) is 2.43. The first-order chi connectivity index (χ1) is 11.6. The van der Waals surface area contributed by atoms with Crippen molar-refractivity contribution in [3.05, 3.63) is 75.3 Å². The van der Waals surface area contributed by atoms with Gasteiger partial charge in [-0.05, 0) is 50.8 Å². The maximum atomic E-state index is 6.17. The fourth-order valence-electron chi connectivity index (χ4n) is 3.71. The van der Waals surface area contributed by atoms with Crippen molar-refractivity contribution in [3.8, 4) is 5.75 Å². The first kappa shape index (κ1) is 15.7. The predicted octanol–water partition coefficient (Wildman–Crippen LogP) is 6.56. The van der Waals surface area contributed by atoms with Gasteiger partial charge in [-0.1, -0.05) is 62.4 Å². The maximum Gasteiger partial charge on any atom is 0.131 e. The summed E-state index contributed by atoms with van der Waals surface area (Å²) < 4.78 is 7.36. The summed E-state index contributed by atoms with van der Waals surface area (Å²) in [5.74, 6) is 1.93. The van der Waals surface area contributed by atoms with Gasteiger partial charge in [-0.2, -0.15) is 0 Å². The van der Waals surface area contributed by atoms with Crippen LogP contribution >= 0.6 is 15.9 Å². The van der Waals surface area contributed by atoms with E-state index in [1.807, 2.05) is 0 Å². The fraction of sp³-hybridized carbons (Fsp3) is 0.273. The Kier molecular flexibility index (Phi) is 3.88. The molecule has 1 aliphatic heterocycles. The Bertz CT molecular complexity index is 909. The number of hydrogen-bond acceptors (Lipinski definition) is 1. The predicted molar refractivity (Wildman–Crippen MR) is 104 cm³/mol. The van der Waals surface area contributed by atoms with Gasteiger partial charge in [-0.15, -0.1) is 0 Å². The third-order valence-electron chi connectivity index (χ3n) is 5.13. The second-order valence-corrected chi connectivity index (χ2v) is 7.71. The highest BCUT2D eigenvalue weighted by Crippen LogP contribution is 2.48. The van der Waals surface area contributed by atoms with E-state index >= 15 is 0 Å². The summed E-state index contributed by atoms with van der Waals surface area (Å²) in [6, 6.07) is 17.5. The zero-order valence-corrected chi connectivity index (χ0v) is 15.9. The van der Waals surface area contributed by atoms with Crippen LogP contribution in [0, 0.1) is 6.92 Å². The van der Waals surface area contributed by atoms with Crippen molar-refractivity contribution >= 4 is 26.7 Å². The third-order valence-corrected chi connectivity index (χ3v) is 6.16. The summed E-state index contributed by atoms with van der Waals surface area (Å²) in [6.45, 7) is 7.38. The van der Waals surface area contributed by atoms with Gasteiger partial charge in [0.05, 0.1) is 6.61 Å². The van der Waals surface area contributed by atoms with E-state index in [2.05, 4.69) is 85.2 Å². The summed E-state index contributed by atoms with van der Waals surface area (Å²) in [6.07, 6.45) is 0. The van der Waals surface area contributed by atoms with Crippen molar-refractivity contribution in [1.82, 2.24) is 0 Å². The molecule has 122 valence electrons. The van der Waals surface area contributed by atoms with Crippen molar-refractivity contribution in [2.24, 2.45) is 0 Å². The molecule has 0 spiro atoms. The Morgan fingerprint density at radius 3 is 2.33 bits per heavy atom. The van der Waals surface area contributed by atoms with Crippen molar-refractivity contribution in [2.75, 3.05) is 6.61 Å². The van der Waals surface area contributed by atoms with E-state index in [0.29, 0.717) is 11.8 Å². The van der Waals surface area contributed by atoms with Crippen LogP contribution in [-0.4, -0.2) is 6.61 Å². The van der Waals surface area contributed by atoms with Gasteiger partial charge in [0.15, 0.2) is 0 Å². The van der Waals surface area contributed by atoms with Gasteiger partial charge >= 0.3 is 0 Å². The van der Waals surface area contributed by atoms with Crippen LogP contribution < -0.4 is 4.74 Å². The van der Waals surface area contributed by atoms with Gasteiger partial charge < -0.3 is 4.74 Å². The maximum absolute atomic E-state index is 6.17. The molecular weight excluding hydrogens is 360 g/mol. The van der Waals surface area contributed by atoms with Crippen LogP contribution in [0.2, 0.25) is 0 Å². The molecule has 1 aliphatic rings. The number of fused-ring (bicyclic) bond motifs is 3. The fourth-order valence-corrected chi connectivity index (χ4v) is 4.27. The van der Waals surface area contributed by atoms with Gasteiger partial charge in [-0.25, -0.2) is 0 Å². The Morgan fingerprint density at radius 2 is 1.67 bits per heavy atom. The lowest BCUT2D eigenvalue weighted by Gasteiger charge is -2.16. The molecule has 1 nitrogen and oxygen atoms in total. The second kappa shape index (κ2) is 5.93. The average molecular weight is 381 g/mol. The summed E-state index contributed by atoms with van der Waals surface area (Å²) in [5.41, 5.74) is 5.34. The zero-order chi connectivity index (χ0) is 16.8. The topological polar surface area (TPSA) is 9.23 Å². The van der Waals surface area contributed by atoms with Crippen LogP contribution in [0.25, 0.3) is 10.8 Å². The lowest BCUT2D eigenvalue weighted by atomic mass is 9.87. The Morgan fingerprint density at radius 1 is 1.00 bits per heavy atom. The van der Waals surface area contributed by atoms with Crippen molar-refractivity contribution in [3.63, 3.8) is 0 Å². The van der Waals surface area contributed by atoms with E-state index in [1.54, 1.807) is 0 Å². The van der Waals surface area contributed by atoms with Crippen molar-refractivity contribution < 1.29 is 4.74 Å². The molecule has 1 atom stereocenters. The Labute approximate surface area is 151 Å². The molecule has 3 aromatic rings. The van der Waals surface area contributed by atoms with Gasteiger partial charge in [0, 0.05) is 21.3 Å². The summed E-state index contributed by atoms with van der Waals surface area (Å²) >= 11 is 3.81. The molecule has 0 aromatic heterocycles. The molecular formula is C22H21BrO. The Balaban J connectivity index is 1.87. The molecule has 0 fully saturated rings. The van der Waals surface area contributed by atoms with Crippen LogP contribution in [0.1, 0.15) is 47.9 Å². The minimum absolute atomic E-state index is 0.308. The molecule has 0 saturated carbocycles. The molecule has 3 aromatic carbocycles. The number of benzene rings is 3. The van der Waals surface area contributed by atoms with Gasteiger partial charge in [0.25, 0.3) is 0 Å². The number of hydrogen-bond donors (Lipinski definition) is 0. The van der Waals surface area contributed by atoms with Crippen LogP contribution in [0.4, 0.5) is 0 Å². The molecule has 0 saturated heterocycles. The largest absolute Gasteiger partial charge is 0.492 e. The minimum Gasteiger partial charge on any atom is -0.492 e. The zero-order valence-electron chi connectivity index (χ0n) is 14.3. The molecule has 2 heteroatoms. The van der Waals surface area contributed by atoms with Gasteiger partial charge in [0.1, 0.15) is 5.75 Å². The lowest BCUT2D eigenvalue weighted by molar-refractivity contribution is 0.346. The molecule has 4 rings (SSSR count). The van der Waals surface area contributed by atoms with E-state index < -0.39 is 0 Å². The van der Waals surface area contributed by atoms with Crippen LogP contribution in [0.3, 0.4) is 0 Å². The molecule has 0 amide bonds. The third kappa shape index (κ3) is 2.36. The molecule has 1 heterocycles. The number of ether oxygens (including phenoxy) is 1. The van der Waals surface area contributed by atoms with Gasteiger partial charge in [-0.3, -0.25) is 0 Å². The first-order valence-corrected chi connectivity index (χ1v) is 9.30. The van der Waals surface area contributed by atoms with E-state index in [1.165, 1.54) is 37.5 Å². The SMILES string of the molecule is Cc1c2c(c3ccccc3c1Br)OCC2c1ccc(C(C)C)cc1. The van der Waals surface area contributed by atoms with Crippen molar-refractivity contribution in [1.29, 1.82) is 0 Å². The molecule has 0 aliphatic carbocycles. The number of halogens is 1. The monoisotopic (exact) mass is 380 g/mol. The van der Waals surface area contributed by atoms with Crippen LogP contribution in [-0.2, 0) is 0 Å². The smallest absolute Gasteiger partial charge is 0.131 e. The first-order valence-electron chi connectivity index (χ1n) is 8.51. The van der Waals surface area contributed by atoms with E-state index in [9.17, 15) is 0 Å². The average Bonchev–Trinajstić information content (AvgIpc) is 3.05. The number of rotatable bonds is 2. The van der Waals surface area contributed by atoms with E-state index in [4.69, 9.17) is 4.74 Å². The molecule has 24 heavy (non-hydrogen) atoms. The lowest BCUT2D eigenvalue weighted by Crippen LogP contribution is -2.04. The van der Waals surface area contributed by atoms with Crippen LogP contribution in [0.15, 0.2) is 53.0 Å². The molecule has 0 bridgehead atoms. The van der Waals surface area contributed by atoms with E-state index in [-0.39, 0.29) is 0 Å². The Hall–Kier alpha value is -1.80.